The molecule has 3 heterocycles. The van der Waals surface area contributed by atoms with Crippen molar-refractivity contribution in [3.63, 3.8) is 0 Å². The van der Waals surface area contributed by atoms with E-state index in [0.717, 1.165) is 0 Å². The van der Waals surface area contributed by atoms with Gasteiger partial charge in [-0.25, -0.2) is 15.0 Å². The Hall–Kier alpha value is -2.19. The van der Waals surface area contributed by atoms with Crippen molar-refractivity contribution in [2.24, 2.45) is 5.73 Å². The number of nitrogens with two attached hydrogens (primary N) is 2. The molecule has 1 fully saturated rings. The topological polar surface area (TPSA) is 249 Å². The molecule has 17 heteroatoms. The maximum absolute atomic E-state index is 10.8. The number of rotatable bonds is 7. The first-order chi connectivity index (χ1) is 14.5. The molecule has 0 spiro atoms. The minimum atomic E-state index is -1.75. The molecule has 2 aromatic rings. The summed E-state index contributed by atoms with van der Waals surface area (Å²) in [6.07, 6.45) is 1.31. The summed E-state index contributed by atoms with van der Waals surface area (Å²) in [6, 6.07) is -0.907. The number of nitrogens with zero attached hydrogens (tertiary/aromatic N) is 5. The van der Waals surface area contributed by atoms with E-state index in [9.17, 15) is 15.0 Å². The first-order valence-electron chi connectivity index (χ1n) is 8.86. The molecular weight excluding hydrogens is 445 g/mol. The molecule has 0 aromatic carbocycles. The molecule has 1 unspecified atom stereocenters. The van der Waals surface area contributed by atoms with Crippen LogP contribution < -0.4 is 11.5 Å². The van der Waals surface area contributed by atoms with Crippen molar-refractivity contribution >= 4 is 52.7 Å². The summed E-state index contributed by atoms with van der Waals surface area (Å²) < 4.78 is 7.41. The quantitative estimate of drug-likeness (QED) is 0.122. The zero-order valence-corrected chi connectivity index (χ0v) is 18.2. The molecule has 32 heavy (non-hydrogen) atoms. The van der Waals surface area contributed by atoms with Crippen molar-refractivity contribution in [2.45, 2.75) is 37.0 Å². The van der Waals surface area contributed by atoms with E-state index in [2.05, 4.69) is 15.0 Å². The number of anilines is 1. The van der Waals surface area contributed by atoms with Gasteiger partial charge in [0.2, 0.25) is 0 Å². The van der Waals surface area contributed by atoms with E-state index in [4.69, 9.17) is 36.6 Å². The fourth-order valence-electron chi connectivity index (χ4n) is 2.97. The summed E-state index contributed by atoms with van der Waals surface area (Å²) >= 11 is 0. The number of fused-ring (bicyclic) bond motifs is 1. The van der Waals surface area contributed by atoms with Crippen LogP contribution in [0.3, 0.4) is 0 Å². The van der Waals surface area contributed by atoms with Crippen LogP contribution in [0.5, 0.6) is 0 Å². The molecule has 0 aliphatic carbocycles. The molecule has 0 saturated carbocycles. The van der Waals surface area contributed by atoms with E-state index < -0.39 is 41.6 Å². The Balaban J connectivity index is 0.000000945. The van der Waals surface area contributed by atoms with Crippen LogP contribution in [-0.2, 0) is 20.4 Å². The summed E-state index contributed by atoms with van der Waals surface area (Å²) in [4.78, 5) is 31.2. The Kier molecular flexibility index (Phi) is 10.6. The van der Waals surface area contributed by atoms with Gasteiger partial charge in [-0.15, -0.1) is 0 Å². The predicted octanol–water partition coefficient (Wildman–Crippen LogP) is -2.54. The van der Waals surface area contributed by atoms with Gasteiger partial charge in [0.1, 0.15) is 47.7 Å². The minimum Gasteiger partial charge on any atom is -0.480 e. The van der Waals surface area contributed by atoms with Gasteiger partial charge in [-0.2, -0.15) is 0 Å². The van der Waals surface area contributed by atoms with E-state index in [-0.39, 0.29) is 35.6 Å². The summed E-state index contributed by atoms with van der Waals surface area (Å²) in [5.41, 5.74) is 12.1. The van der Waals surface area contributed by atoms with E-state index >= 15 is 0 Å². The van der Waals surface area contributed by atoms with Crippen molar-refractivity contribution in [2.75, 3.05) is 23.5 Å². The Morgan fingerprint density at radius 1 is 1.34 bits per heavy atom. The molecule has 0 amide bonds. The molecule has 0 bridgehead atoms. The first kappa shape index (κ1) is 27.8. The molecule has 1 aliphatic heterocycles. The van der Waals surface area contributed by atoms with Crippen LogP contribution in [0.2, 0.25) is 0 Å². The molecule has 173 valence electrons. The number of aromatic nitrogens is 4. The van der Waals surface area contributed by atoms with Crippen LogP contribution in [0.1, 0.15) is 12.6 Å². The molecule has 1 aliphatic rings. The van der Waals surface area contributed by atoms with Gasteiger partial charge in [0.15, 0.2) is 17.7 Å². The third-order valence-corrected chi connectivity index (χ3v) is 6.37. The number of carboxylic acids is 1. The summed E-state index contributed by atoms with van der Waals surface area (Å²) in [5, 5.41) is 44.4. The number of aliphatic hydroxyl groups excluding tert-OH is 2. The van der Waals surface area contributed by atoms with Gasteiger partial charge in [-0.3, -0.25) is 9.36 Å². The van der Waals surface area contributed by atoms with Crippen LogP contribution in [0.25, 0.3) is 11.2 Å². The average molecular weight is 468 g/mol. The zero-order valence-electron chi connectivity index (χ0n) is 17.3. The largest absolute Gasteiger partial charge is 0.480 e. The number of ether oxygens (including phenoxy) is 1. The second-order valence-electron chi connectivity index (χ2n) is 6.74. The number of hydrogen-bond donors (Lipinski definition) is 5. The number of aliphatic carboxylic acids is 1. The fraction of sp³-hybridized carbons (Fsp3) is 0.600. The van der Waals surface area contributed by atoms with Gasteiger partial charge >= 0.3 is 5.97 Å². The third kappa shape index (κ3) is 6.90. The monoisotopic (exact) mass is 468 g/mol. The predicted molar refractivity (Wildman–Crippen MR) is 115 cm³/mol. The Labute approximate surface area is 196 Å². The SMILES string of the molecule is C[S+](CC[C@H](N)C(=O)O)C[C@H]1O[C@@H](n2cnc3c(N)ncnc32)[C@H](O)[C@@H]1O.O=[N+]([O-])[O-].[Li]. The average Bonchev–Trinajstić information content (AvgIpc) is 3.23. The van der Waals surface area contributed by atoms with Crippen molar-refractivity contribution in [3.05, 3.63) is 28.0 Å². The Morgan fingerprint density at radius 2 is 1.97 bits per heavy atom. The van der Waals surface area contributed by atoms with Crippen molar-refractivity contribution in [1.29, 1.82) is 0 Å². The summed E-state index contributed by atoms with van der Waals surface area (Å²) in [5.74, 6) is 0.254. The van der Waals surface area contributed by atoms with Gasteiger partial charge < -0.3 is 46.8 Å². The standard InChI is InChI=1S/C15H22N6O5S.Li.NO3/c1-27(3-2-7(16)15(24)25)4-8-10(22)11(23)14(26-8)21-6-20-9-12(17)18-5-19-13(9)21;;2-1(3)4/h5-8,10-11,14,22-23H,2-4,16H2,1H3,(H2-,17,18,19,24,25);;/q;;-1/p+1/t7-,8+,10+,11+,14+,27?;;/m0../s1. The van der Waals surface area contributed by atoms with Crippen LogP contribution in [-0.4, -0.2) is 107 Å². The van der Waals surface area contributed by atoms with E-state index in [1.807, 2.05) is 6.26 Å². The van der Waals surface area contributed by atoms with Crippen LogP contribution in [0.4, 0.5) is 5.82 Å². The number of aliphatic hydroxyl groups is 2. The van der Waals surface area contributed by atoms with Crippen molar-refractivity contribution in [1.82, 2.24) is 19.5 Å². The molecule has 1 saturated heterocycles. The minimum absolute atomic E-state index is 0. The molecule has 3 rings (SSSR count). The number of carboxylic acid groups (broad SMARTS) is 1. The normalized spacial score (nSPS) is 24.1. The van der Waals surface area contributed by atoms with Crippen LogP contribution >= 0.6 is 0 Å². The second-order valence-corrected chi connectivity index (χ2v) is 9.04. The van der Waals surface area contributed by atoms with Crippen molar-refractivity contribution < 1.29 is 29.9 Å². The van der Waals surface area contributed by atoms with E-state index in [1.165, 1.54) is 17.2 Å². The molecule has 1 radical (unpaired) electrons. The number of nitrogen functional groups attached to an aromatic ring is 1. The molecule has 2 aromatic heterocycles. The van der Waals surface area contributed by atoms with Crippen LogP contribution in [0.15, 0.2) is 12.7 Å². The fourth-order valence-corrected chi connectivity index (χ4v) is 4.63. The number of carbonyl (C=O) groups is 1. The molecule has 6 atom stereocenters. The second kappa shape index (κ2) is 12.2. The summed E-state index contributed by atoms with van der Waals surface area (Å²) in [6.45, 7) is 0. The van der Waals surface area contributed by atoms with Gasteiger partial charge in [-0.1, -0.05) is 0 Å². The van der Waals surface area contributed by atoms with E-state index in [1.54, 1.807) is 0 Å². The number of imidazole rings is 1. The summed E-state index contributed by atoms with van der Waals surface area (Å²) in [7, 11) is -0.235. The third-order valence-electron chi connectivity index (χ3n) is 4.54. The van der Waals surface area contributed by atoms with Gasteiger partial charge in [-0.05, 0) is 10.9 Å². The van der Waals surface area contributed by atoms with Crippen LogP contribution in [0, 0.1) is 15.3 Å². The first-order valence-corrected chi connectivity index (χ1v) is 10.8. The van der Waals surface area contributed by atoms with Gasteiger partial charge in [0, 0.05) is 25.3 Å². The molecular formula is C15H23LiN7O8S. The van der Waals surface area contributed by atoms with Gasteiger partial charge in [0.25, 0.3) is 0 Å². The maximum Gasteiger partial charge on any atom is 0.320 e. The van der Waals surface area contributed by atoms with Gasteiger partial charge in [0.05, 0.1) is 17.7 Å². The maximum atomic E-state index is 10.8. The number of hydrogen-bond acceptors (Lipinski definition) is 12. The molecule has 7 N–H and O–H groups in total. The zero-order chi connectivity index (χ0) is 23.3. The van der Waals surface area contributed by atoms with E-state index in [0.29, 0.717) is 29.1 Å². The van der Waals surface area contributed by atoms with Crippen molar-refractivity contribution in [3.8, 4) is 0 Å². The molecule has 15 nitrogen and oxygen atoms in total. The smallest absolute Gasteiger partial charge is 0.320 e. The Morgan fingerprint density at radius 3 is 2.56 bits per heavy atom. The Bertz CT molecular complexity index is 917.